The van der Waals surface area contributed by atoms with Crippen LogP contribution in [0.2, 0.25) is 0 Å². The number of nitrogens with zero attached hydrogens (tertiary/aromatic N) is 3. The summed E-state index contributed by atoms with van der Waals surface area (Å²) in [5.74, 6) is 0. The number of aromatic nitrogens is 2. The molecule has 2 aromatic rings. The first kappa shape index (κ1) is 13.5. The summed E-state index contributed by atoms with van der Waals surface area (Å²) in [6.07, 6.45) is 1.01. The van der Waals surface area contributed by atoms with E-state index in [0.29, 0.717) is 0 Å². The van der Waals surface area contributed by atoms with Crippen LogP contribution < -0.4 is 4.90 Å². The number of hydrogen-bond acceptors (Lipinski definition) is 5. The van der Waals surface area contributed by atoms with Gasteiger partial charge in [-0.25, -0.2) is 0 Å². The molecular formula is C15H19N3OS. The molecule has 1 unspecified atom stereocenters. The summed E-state index contributed by atoms with van der Waals surface area (Å²) in [6, 6.07) is 10.2. The minimum Gasteiger partial charge on any atom is -0.372 e. The van der Waals surface area contributed by atoms with Gasteiger partial charge in [0.25, 0.3) is 0 Å². The zero-order chi connectivity index (χ0) is 14.0. The number of benzene rings is 1. The summed E-state index contributed by atoms with van der Waals surface area (Å²) in [7, 11) is 0. The molecule has 0 spiro atoms. The topological polar surface area (TPSA) is 38.2 Å². The van der Waals surface area contributed by atoms with Crippen LogP contribution in [0.4, 0.5) is 5.13 Å². The molecular weight excluding hydrogens is 270 g/mol. The lowest BCUT2D eigenvalue weighted by atomic mass is 10.0. The third-order valence-electron chi connectivity index (χ3n) is 3.79. The Balaban J connectivity index is 1.80. The van der Waals surface area contributed by atoms with Gasteiger partial charge in [-0.05, 0) is 13.3 Å². The summed E-state index contributed by atoms with van der Waals surface area (Å²) < 4.78 is 5.87. The zero-order valence-electron chi connectivity index (χ0n) is 11.9. The van der Waals surface area contributed by atoms with Crippen molar-refractivity contribution in [2.24, 2.45) is 0 Å². The third kappa shape index (κ3) is 2.69. The molecule has 1 aliphatic rings. The van der Waals surface area contributed by atoms with E-state index >= 15 is 0 Å². The first-order valence-electron chi connectivity index (χ1n) is 6.98. The second kappa shape index (κ2) is 5.50. The Kier molecular flexibility index (Phi) is 3.72. The molecule has 0 bridgehead atoms. The molecule has 20 heavy (non-hydrogen) atoms. The lowest BCUT2D eigenvalue weighted by Gasteiger charge is -2.39. The quantitative estimate of drug-likeness (QED) is 0.869. The van der Waals surface area contributed by atoms with Crippen LogP contribution in [0.25, 0.3) is 10.6 Å². The second-order valence-corrected chi connectivity index (χ2v) is 6.29. The van der Waals surface area contributed by atoms with Crippen LogP contribution >= 0.6 is 11.3 Å². The van der Waals surface area contributed by atoms with Gasteiger partial charge < -0.3 is 9.64 Å². The fourth-order valence-electron chi connectivity index (χ4n) is 2.35. The number of morpholine rings is 1. The van der Waals surface area contributed by atoms with Crippen LogP contribution in [0.15, 0.2) is 30.3 Å². The highest BCUT2D eigenvalue weighted by Crippen LogP contribution is 2.31. The van der Waals surface area contributed by atoms with Gasteiger partial charge in [0.05, 0.1) is 12.2 Å². The number of ether oxygens (including phenoxy) is 1. The van der Waals surface area contributed by atoms with Crippen LogP contribution in [0.1, 0.15) is 20.3 Å². The highest BCUT2D eigenvalue weighted by molar-refractivity contribution is 7.18. The molecule has 1 fully saturated rings. The van der Waals surface area contributed by atoms with Gasteiger partial charge in [0.1, 0.15) is 5.01 Å². The van der Waals surface area contributed by atoms with Crippen molar-refractivity contribution < 1.29 is 4.74 Å². The molecule has 5 heteroatoms. The van der Waals surface area contributed by atoms with Crippen molar-refractivity contribution in [1.29, 1.82) is 0 Å². The van der Waals surface area contributed by atoms with Gasteiger partial charge >= 0.3 is 0 Å². The summed E-state index contributed by atoms with van der Waals surface area (Å²) in [5.41, 5.74) is 1.05. The molecule has 1 aromatic carbocycles. The molecule has 3 rings (SSSR count). The maximum absolute atomic E-state index is 5.87. The lowest BCUT2D eigenvalue weighted by molar-refractivity contribution is -0.0441. The Labute approximate surface area is 123 Å². The first-order valence-corrected chi connectivity index (χ1v) is 7.80. The van der Waals surface area contributed by atoms with Crippen LogP contribution in [0.5, 0.6) is 0 Å². The molecule has 0 radical (unpaired) electrons. The van der Waals surface area contributed by atoms with E-state index in [1.807, 2.05) is 18.2 Å². The predicted molar refractivity (Wildman–Crippen MR) is 82.2 cm³/mol. The molecule has 0 aliphatic carbocycles. The molecule has 1 aromatic heterocycles. The van der Waals surface area contributed by atoms with Crippen LogP contribution in [0, 0.1) is 0 Å². The van der Waals surface area contributed by atoms with E-state index in [1.165, 1.54) is 0 Å². The Morgan fingerprint density at radius 2 is 2.10 bits per heavy atom. The second-order valence-electron chi connectivity index (χ2n) is 5.33. The lowest BCUT2D eigenvalue weighted by Crippen LogP contribution is -2.49. The van der Waals surface area contributed by atoms with Crippen LogP contribution in [0.3, 0.4) is 0 Å². The van der Waals surface area contributed by atoms with E-state index in [-0.39, 0.29) is 5.60 Å². The number of anilines is 1. The van der Waals surface area contributed by atoms with Crippen molar-refractivity contribution in [3.8, 4) is 10.6 Å². The van der Waals surface area contributed by atoms with Crippen molar-refractivity contribution >= 4 is 16.5 Å². The summed E-state index contributed by atoms with van der Waals surface area (Å²) >= 11 is 1.65. The molecule has 4 nitrogen and oxygen atoms in total. The fourth-order valence-corrected chi connectivity index (χ4v) is 3.22. The number of rotatable bonds is 3. The SMILES string of the molecule is CCC1(C)CN(c2nnc(-c3ccccc3)s2)CCO1. The monoisotopic (exact) mass is 289 g/mol. The standard InChI is InChI=1S/C15H19N3OS/c1-3-15(2)11-18(9-10-19-15)14-17-16-13(20-14)12-7-5-4-6-8-12/h4-8H,3,9-11H2,1-2H3. The van der Waals surface area contributed by atoms with Gasteiger partial charge in [-0.1, -0.05) is 48.6 Å². The highest BCUT2D eigenvalue weighted by atomic mass is 32.1. The van der Waals surface area contributed by atoms with Crippen LogP contribution in [-0.4, -0.2) is 35.5 Å². The van der Waals surface area contributed by atoms with E-state index in [9.17, 15) is 0 Å². The Hall–Kier alpha value is -1.46. The highest BCUT2D eigenvalue weighted by Gasteiger charge is 2.31. The summed E-state index contributed by atoms with van der Waals surface area (Å²) in [5, 5.41) is 10.6. The average Bonchev–Trinajstić information content (AvgIpc) is 2.98. The van der Waals surface area contributed by atoms with Gasteiger partial charge in [0.15, 0.2) is 0 Å². The molecule has 106 valence electrons. The van der Waals surface area contributed by atoms with Crippen molar-refractivity contribution in [2.75, 3.05) is 24.6 Å². The molecule has 0 saturated carbocycles. The molecule has 0 N–H and O–H groups in total. The Morgan fingerprint density at radius 1 is 1.30 bits per heavy atom. The maximum atomic E-state index is 5.87. The molecule has 1 saturated heterocycles. The van der Waals surface area contributed by atoms with E-state index in [2.05, 4.69) is 41.1 Å². The summed E-state index contributed by atoms with van der Waals surface area (Å²) in [4.78, 5) is 2.29. The van der Waals surface area contributed by atoms with Gasteiger partial charge in [-0.3, -0.25) is 0 Å². The third-order valence-corrected chi connectivity index (χ3v) is 4.82. The van der Waals surface area contributed by atoms with Crippen molar-refractivity contribution in [1.82, 2.24) is 10.2 Å². The van der Waals surface area contributed by atoms with E-state index in [0.717, 1.165) is 41.8 Å². The first-order chi connectivity index (χ1) is 9.70. The maximum Gasteiger partial charge on any atom is 0.208 e. The van der Waals surface area contributed by atoms with Gasteiger partial charge in [0, 0.05) is 18.7 Å². The van der Waals surface area contributed by atoms with Crippen molar-refractivity contribution in [3.63, 3.8) is 0 Å². The van der Waals surface area contributed by atoms with Gasteiger partial charge in [-0.15, -0.1) is 10.2 Å². The summed E-state index contributed by atoms with van der Waals surface area (Å²) in [6.45, 7) is 6.85. The van der Waals surface area contributed by atoms with Gasteiger partial charge in [0.2, 0.25) is 5.13 Å². The predicted octanol–water partition coefficient (Wildman–Crippen LogP) is 3.21. The fraction of sp³-hybridized carbons (Fsp3) is 0.467. The van der Waals surface area contributed by atoms with Crippen molar-refractivity contribution in [3.05, 3.63) is 30.3 Å². The largest absolute Gasteiger partial charge is 0.372 e. The smallest absolute Gasteiger partial charge is 0.208 e. The molecule has 1 atom stereocenters. The Morgan fingerprint density at radius 3 is 2.85 bits per heavy atom. The van der Waals surface area contributed by atoms with Gasteiger partial charge in [-0.2, -0.15) is 0 Å². The Bertz CT molecular complexity index is 572. The van der Waals surface area contributed by atoms with E-state index in [1.54, 1.807) is 11.3 Å². The van der Waals surface area contributed by atoms with Crippen molar-refractivity contribution in [2.45, 2.75) is 25.9 Å². The minimum atomic E-state index is -0.0726. The van der Waals surface area contributed by atoms with Crippen LogP contribution in [-0.2, 0) is 4.74 Å². The molecule has 0 amide bonds. The zero-order valence-corrected chi connectivity index (χ0v) is 12.7. The normalized spacial score (nSPS) is 23.0. The molecule has 2 heterocycles. The number of hydrogen-bond donors (Lipinski definition) is 0. The minimum absolute atomic E-state index is 0.0726. The van der Waals surface area contributed by atoms with E-state index in [4.69, 9.17) is 4.74 Å². The molecule has 1 aliphatic heterocycles. The average molecular weight is 289 g/mol. The van der Waals surface area contributed by atoms with E-state index < -0.39 is 0 Å².